The Bertz CT molecular complexity index is 581. The van der Waals surface area contributed by atoms with E-state index in [-0.39, 0.29) is 17.9 Å². The predicted octanol–water partition coefficient (Wildman–Crippen LogP) is 3.27. The Morgan fingerprint density at radius 2 is 1.80 bits per heavy atom. The summed E-state index contributed by atoms with van der Waals surface area (Å²) >= 11 is 0. The van der Waals surface area contributed by atoms with Crippen molar-refractivity contribution in [1.29, 1.82) is 0 Å². The molecule has 0 aromatic heterocycles. The number of amides is 1. The number of hydrogen-bond donors (Lipinski definition) is 2. The molecule has 0 aliphatic carbocycles. The van der Waals surface area contributed by atoms with E-state index in [9.17, 15) is 4.79 Å². The van der Waals surface area contributed by atoms with Gasteiger partial charge in [-0.25, -0.2) is 0 Å². The molecule has 0 saturated carbocycles. The number of benzene rings is 2. The van der Waals surface area contributed by atoms with Crippen LogP contribution in [0, 0.1) is 12.8 Å². The fourth-order valence-electron chi connectivity index (χ4n) is 2.11. The molecule has 104 valence electrons. The lowest BCUT2D eigenvalue weighted by atomic mass is 9.94. The van der Waals surface area contributed by atoms with Gasteiger partial charge in [0.1, 0.15) is 0 Å². The molecule has 0 aliphatic heterocycles. The highest BCUT2D eigenvalue weighted by atomic mass is 16.1. The molecule has 3 heteroatoms. The van der Waals surface area contributed by atoms with E-state index in [1.165, 1.54) is 0 Å². The molecule has 2 aromatic carbocycles. The standard InChI is InChI=1S/C17H20N2O/c1-12-7-6-10-15(11-12)19-17(20)13(2)16(18)14-8-4-3-5-9-14/h3-11,13,16H,18H2,1-2H3,(H,19,20). The molecule has 0 saturated heterocycles. The second-order valence-electron chi connectivity index (χ2n) is 5.08. The second-order valence-corrected chi connectivity index (χ2v) is 5.08. The number of hydrogen-bond acceptors (Lipinski definition) is 2. The number of aryl methyl sites for hydroxylation is 1. The summed E-state index contributed by atoms with van der Waals surface area (Å²) in [5.41, 5.74) is 9.06. The molecule has 0 spiro atoms. The van der Waals surface area contributed by atoms with Crippen LogP contribution in [0.3, 0.4) is 0 Å². The SMILES string of the molecule is Cc1cccc(NC(=O)C(C)C(N)c2ccccc2)c1. The average molecular weight is 268 g/mol. The minimum Gasteiger partial charge on any atom is -0.326 e. The molecule has 0 aliphatic rings. The Morgan fingerprint density at radius 3 is 2.45 bits per heavy atom. The van der Waals surface area contributed by atoms with Crippen LogP contribution in [0.15, 0.2) is 54.6 Å². The minimum atomic E-state index is -0.305. The Hall–Kier alpha value is -2.13. The summed E-state index contributed by atoms with van der Waals surface area (Å²) in [5.74, 6) is -0.357. The van der Waals surface area contributed by atoms with Crippen LogP contribution in [0.1, 0.15) is 24.1 Å². The summed E-state index contributed by atoms with van der Waals surface area (Å²) in [5, 5.41) is 2.91. The molecule has 1 amide bonds. The van der Waals surface area contributed by atoms with Gasteiger partial charge < -0.3 is 11.1 Å². The number of anilines is 1. The third kappa shape index (κ3) is 3.45. The minimum absolute atomic E-state index is 0.0630. The van der Waals surface area contributed by atoms with Crippen molar-refractivity contribution >= 4 is 11.6 Å². The van der Waals surface area contributed by atoms with Crippen molar-refractivity contribution in [2.75, 3.05) is 5.32 Å². The highest BCUT2D eigenvalue weighted by molar-refractivity contribution is 5.92. The molecule has 3 N–H and O–H groups in total. The molecule has 2 rings (SSSR count). The van der Waals surface area contributed by atoms with Gasteiger partial charge in [0.05, 0.1) is 5.92 Å². The summed E-state index contributed by atoms with van der Waals surface area (Å²) in [4.78, 5) is 12.2. The largest absolute Gasteiger partial charge is 0.326 e. The second kappa shape index (κ2) is 6.35. The maximum Gasteiger partial charge on any atom is 0.229 e. The maximum atomic E-state index is 12.2. The zero-order chi connectivity index (χ0) is 14.5. The maximum absolute atomic E-state index is 12.2. The fraction of sp³-hybridized carbons (Fsp3) is 0.235. The molecule has 20 heavy (non-hydrogen) atoms. The zero-order valence-electron chi connectivity index (χ0n) is 11.8. The summed E-state index contributed by atoms with van der Waals surface area (Å²) in [7, 11) is 0. The summed E-state index contributed by atoms with van der Waals surface area (Å²) in [6, 6.07) is 17.1. The van der Waals surface area contributed by atoms with Crippen LogP contribution < -0.4 is 11.1 Å². The van der Waals surface area contributed by atoms with E-state index in [4.69, 9.17) is 5.73 Å². The van der Waals surface area contributed by atoms with Crippen LogP contribution in [-0.4, -0.2) is 5.91 Å². The first-order chi connectivity index (χ1) is 9.58. The number of nitrogens with one attached hydrogen (secondary N) is 1. The van der Waals surface area contributed by atoms with Gasteiger partial charge in [-0.15, -0.1) is 0 Å². The van der Waals surface area contributed by atoms with Crippen LogP contribution in [0.25, 0.3) is 0 Å². The first-order valence-electron chi connectivity index (χ1n) is 6.76. The van der Waals surface area contributed by atoms with Crippen molar-refractivity contribution in [3.63, 3.8) is 0 Å². The normalized spacial score (nSPS) is 13.6. The van der Waals surface area contributed by atoms with Crippen LogP contribution in [0.5, 0.6) is 0 Å². The monoisotopic (exact) mass is 268 g/mol. The van der Waals surface area contributed by atoms with Gasteiger partial charge in [-0.05, 0) is 30.2 Å². The predicted molar refractivity (Wildman–Crippen MR) is 82.3 cm³/mol. The van der Waals surface area contributed by atoms with Crippen LogP contribution in [-0.2, 0) is 4.79 Å². The Balaban J connectivity index is 2.05. The van der Waals surface area contributed by atoms with Gasteiger partial charge in [-0.2, -0.15) is 0 Å². The topological polar surface area (TPSA) is 55.1 Å². The third-order valence-corrected chi connectivity index (χ3v) is 3.42. The molecular formula is C17H20N2O. The average Bonchev–Trinajstić information content (AvgIpc) is 2.46. The lowest BCUT2D eigenvalue weighted by molar-refractivity contribution is -0.120. The van der Waals surface area contributed by atoms with Crippen LogP contribution in [0.2, 0.25) is 0 Å². The molecule has 0 fully saturated rings. The molecular weight excluding hydrogens is 248 g/mol. The molecule has 2 atom stereocenters. The first kappa shape index (κ1) is 14.3. The van der Waals surface area contributed by atoms with E-state index in [1.54, 1.807) is 0 Å². The summed E-state index contributed by atoms with van der Waals surface area (Å²) in [6.45, 7) is 3.84. The molecule has 3 nitrogen and oxygen atoms in total. The van der Waals surface area contributed by atoms with Crippen molar-refractivity contribution in [2.24, 2.45) is 11.7 Å². The summed E-state index contributed by atoms with van der Waals surface area (Å²) < 4.78 is 0. The number of nitrogens with two attached hydrogens (primary N) is 1. The molecule has 0 radical (unpaired) electrons. The van der Waals surface area contributed by atoms with Gasteiger partial charge in [0.25, 0.3) is 0 Å². The molecule has 0 bridgehead atoms. The van der Waals surface area contributed by atoms with E-state index in [0.29, 0.717) is 0 Å². The van der Waals surface area contributed by atoms with Gasteiger partial charge in [-0.3, -0.25) is 4.79 Å². The van der Waals surface area contributed by atoms with Gasteiger partial charge >= 0.3 is 0 Å². The quantitative estimate of drug-likeness (QED) is 0.894. The Labute approximate surface area is 119 Å². The highest BCUT2D eigenvalue weighted by Crippen LogP contribution is 2.21. The Kier molecular flexibility index (Phi) is 4.53. The van der Waals surface area contributed by atoms with Crippen molar-refractivity contribution < 1.29 is 4.79 Å². The van der Waals surface area contributed by atoms with Crippen molar-refractivity contribution in [3.05, 3.63) is 65.7 Å². The first-order valence-corrected chi connectivity index (χ1v) is 6.76. The van der Waals surface area contributed by atoms with Crippen LogP contribution >= 0.6 is 0 Å². The summed E-state index contributed by atoms with van der Waals surface area (Å²) in [6.07, 6.45) is 0. The van der Waals surface area contributed by atoms with E-state index in [1.807, 2.05) is 68.4 Å². The van der Waals surface area contributed by atoms with E-state index < -0.39 is 0 Å². The molecule has 2 aromatic rings. The van der Waals surface area contributed by atoms with Crippen molar-refractivity contribution in [1.82, 2.24) is 0 Å². The smallest absolute Gasteiger partial charge is 0.229 e. The van der Waals surface area contributed by atoms with Gasteiger partial charge in [0, 0.05) is 11.7 Å². The van der Waals surface area contributed by atoms with E-state index in [0.717, 1.165) is 16.8 Å². The van der Waals surface area contributed by atoms with Gasteiger partial charge in [-0.1, -0.05) is 49.4 Å². The highest BCUT2D eigenvalue weighted by Gasteiger charge is 2.22. The van der Waals surface area contributed by atoms with Crippen LogP contribution in [0.4, 0.5) is 5.69 Å². The van der Waals surface area contributed by atoms with Gasteiger partial charge in [0.2, 0.25) is 5.91 Å². The number of carbonyl (C=O) groups is 1. The van der Waals surface area contributed by atoms with E-state index >= 15 is 0 Å². The third-order valence-electron chi connectivity index (χ3n) is 3.42. The van der Waals surface area contributed by atoms with Crippen molar-refractivity contribution in [3.8, 4) is 0 Å². The van der Waals surface area contributed by atoms with E-state index in [2.05, 4.69) is 5.32 Å². The lowest BCUT2D eigenvalue weighted by Crippen LogP contribution is -2.30. The number of rotatable bonds is 4. The lowest BCUT2D eigenvalue weighted by Gasteiger charge is -2.20. The van der Waals surface area contributed by atoms with Gasteiger partial charge in [0.15, 0.2) is 0 Å². The Morgan fingerprint density at radius 1 is 1.10 bits per heavy atom. The molecule has 2 unspecified atom stereocenters. The number of carbonyl (C=O) groups excluding carboxylic acids is 1. The molecule has 0 heterocycles. The fourth-order valence-corrected chi connectivity index (χ4v) is 2.11. The zero-order valence-corrected chi connectivity index (χ0v) is 11.8. The van der Waals surface area contributed by atoms with Crippen molar-refractivity contribution in [2.45, 2.75) is 19.9 Å².